The molecular formula is C19H18N4O6. The maximum Gasteiger partial charge on any atom is 0.269 e. The lowest BCUT2D eigenvalue weighted by Gasteiger charge is -2.08. The quantitative estimate of drug-likeness (QED) is 0.418. The SMILES string of the molecule is Cc1cc([N+](=O)[O-])ccc1NC(=O)CCC(=O)N/N=C\c1ccc2c(c1)OCO2. The van der Waals surface area contributed by atoms with Gasteiger partial charge in [-0.2, -0.15) is 5.10 Å². The van der Waals surface area contributed by atoms with Gasteiger partial charge in [0.15, 0.2) is 11.5 Å². The highest BCUT2D eigenvalue weighted by Crippen LogP contribution is 2.31. The number of rotatable bonds is 7. The van der Waals surface area contributed by atoms with Crippen LogP contribution in [0.2, 0.25) is 0 Å². The fraction of sp³-hybridized carbons (Fsp3) is 0.211. The van der Waals surface area contributed by atoms with Gasteiger partial charge in [0, 0.05) is 30.7 Å². The molecule has 2 aromatic carbocycles. The maximum absolute atomic E-state index is 12.0. The summed E-state index contributed by atoms with van der Waals surface area (Å²) in [5.74, 6) is 0.466. The van der Waals surface area contributed by atoms with Crippen LogP contribution in [0.5, 0.6) is 11.5 Å². The molecule has 0 bridgehead atoms. The monoisotopic (exact) mass is 398 g/mol. The molecule has 0 radical (unpaired) electrons. The van der Waals surface area contributed by atoms with Crippen molar-refractivity contribution >= 4 is 29.4 Å². The van der Waals surface area contributed by atoms with Gasteiger partial charge in [0.25, 0.3) is 5.69 Å². The smallest absolute Gasteiger partial charge is 0.269 e. The number of benzene rings is 2. The number of nitrogens with one attached hydrogen (secondary N) is 2. The Kier molecular flexibility index (Phi) is 6.03. The maximum atomic E-state index is 12.0. The fourth-order valence-corrected chi connectivity index (χ4v) is 2.57. The number of hydrogen-bond donors (Lipinski definition) is 2. The molecule has 150 valence electrons. The molecule has 2 aromatic rings. The minimum absolute atomic E-state index is 0.0538. The van der Waals surface area contributed by atoms with Crippen molar-refractivity contribution in [3.8, 4) is 11.5 Å². The van der Waals surface area contributed by atoms with Crippen LogP contribution in [-0.4, -0.2) is 29.7 Å². The molecule has 1 aliphatic rings. The molecule has 0 spiro atoms. The number of carbonyl (C=O) groups is 2. The first-order chi connectivity index (χ1) is 13.9. The van der Waals surface area contributed by atoms with Crippen molar-refractivity contribution in [2.24, 2.45) is 5.10 Å². The minimum Gasteiger partial charge on any atom is -0.454 e. The zero-order chi connectivity index (χ0) is 20.8. The van der Waals surface area contributed by atoms with E-state index in [9.17, 15) is 19.7 Å². The lowest BCUT2D eigenvalue weighted by Crippen LogP contribution is -2.20. The van der Waals surface area contributed by atoms with Gasteiger partial charge in [0.2, 0.25) is 18.6 Å². The van der Waals surface area contributed by atoms with Crippen LogP contribution in [-0.2, 0) is 9.59 Å². The molecule has 0 atom stereocenters. The highest BCUT2D eigenvalue weighted by atomic mass is 16.7. The van der Waals surface area contributed by atoms with Crippen molar-refractivity contribution in [2.45, 2.75) is 19.8 Å². The lowest BCUT2D eigenvalue weighted by molar-refractivity contribution is -0.384. The Hall–Kier alpha value is -3.95. The molecule has 10 heteroatoms. The molecule has 3 rings (SSSR count). The Morgan fingerprint density at radius 2 is 1.90 bits per heavy atom. The molecule has 0 unspecified atom stereocenters. The molecule has 29 heavy (non-hydrogen) atoms. The first-order valence-corrected chi connectivity index (χ1v) is 8.69. The molecule has 1 heterocycles. The Morgan fingerprint density at radius 1 is 1.14 bits per heavy atom. The molecule has 10 nitrogen and oxygen atoms in total. The number of aryl methyl sites for hydroxylation is 1. The van der Waals surface area contributed by atoms with Crippen molar-refractivity contribution in [1.29, 1.82) is 0 Å². The molecule has 0 aliphatic carbocycles. The van der Waals surface area contributed by atoms with E-state index in [0.717, 1.165) is 5.56 Å². The van der Waals surface area contributed by atoms with E-state index in [1.807, 2.05) is 0 Å². The van der Waals surface area contributed by atoms with E-state index in [0.29, 0.717) is 22.7 Å². The number of nitro benzene ring substituents is 1. The van der Waals surface area contributed by atoms with Crippen molar-refractivity contribution < 1.29 is 24.0 Å². The molecule has 1 aliphatic heterocycles. The number of hydrazone groups is 1. The predicted octanol–water partition coefficient (Wildman–Crippen LogP) is 2.50. The Balaban J connectivity index is 1.44. The molecule has 2 amide bonds. The number of non-ortho nitro benzene ring substituents is 1. The normalized spacial score (nSPS) is 12.0. The summed E-state index contributed by atoms with van der Waals surface area (Å²) in [6.07, 6.45) is 1.35. The van der Waals surface area contributed by atoms with Crippen LogP contribution in [0.1, 0.15) is 24.0 Å². The summed E-state index contributed by atoms with van der Waals surface area (Å²) in [5.41, 5.74) is 4.04. The molecular weight excluding hydrogens is 380 g/mol. The van der Waals surface area contributed by atoms with Gasteiger partial charge in [0.1, 0.15) is 0 Å². The number of fused-ring (bicyclic) bond motifs is 1. The molecule has 0 saturated carbocycles. The third-order valence-electron chi connectivity index (χ3n) is 4.07. The van der Waals surface area contributed by atoms with Crippen LogP contribution < -0.4 is 20.2 Å². The first-order valence-electron chi connectivity index (χ1n) is 8.69. The second-order valence-electron chi connectivity index (χ2n) is 6.21. The summed E-state index contributed by atoms with van der Waals surface area (Å²) < 4.78 is 10.5. The van der Waals surface area contributed by atoms with E-state index >= 15 is 0 Å². The number of ether oxygens (including phenoxy) is 2. The minimum atomic E-state index is -0.507. The summed E-state index contributed by atoms with van der Waals surface area (Å²) in [5, 5.41) is 17.2. The molecule has 0 saturated heterocycles. The van der Waals surface area contributed by atoms with E-state index in [4.69, 9.17) is 9.47 Å². The van der Waals surface area contributed by atoms with Gasteiger partial charge < -0.3 is 14.8 Å². The van der Waals surface area contributed by atoms with Crippen LogP contribution in [0.15, 0.2) is 41.5 Å². The highest BCUT2D eigenvalue weighted by molar-refractivity contribution is 5.94. The third kappa shape index (κ3) is 5.28. The summed E-state index contributed by atoms with van der Waals surface area (Å²) in [6, 6.07) is 9.38. The largest absolute Gasteiger partial charge is 0.454 e. The van der Waals surface area contributed by atoms with Crippen LogP contribution in [0.3, 0.4) is 0 Å². The Morgan fingerprint density at radius 3 is 2.66 bits per heavy atom. The number of anilines is 1. The number of hydrogen-bond acceptors (Lipinski definition) is 7. The highest BCUT2D eigenvalue weighted by Gasteiger charge is 2.13. The van der Waals surface area contributed by atoms with Crippen molar-refractivity contribution in [2.75, 3.05) is 12.1 Å². The molecule has 2 N–H and O–H groups in total. The fourth-order valence-electron chi connectivity index (χ4n) is 2.57. The Labute approximate surface area is 165 Å². The standard InChI is InChI=1S/C19H18N4O6/c1-12-8-14(23(26)27)3-4-15(12)21-18(24)6-7-19(25)22-20-10-13-2-5-16-17(9-13)29-11-28-16/h2-5,8-10H,6-7,11H2,1H3,(H,21,24)(H,22,25)/b20-10-. The summed E-state index contributed by atoms with van der Waals surface area (Å²) in [7, 11) is 0. The Bertz CT molecular complexity index is 989. The average Bonchev–Trinajstić information content (AvgIpc) is 3.15. The second-order valence-corrected chi connectivity index (χ2v) is 6.21. The average molecular weight is 398 g/mol. The van der Waals surface area contributed by atoms with Gasteiger partial charge in [-0.1, -0.05) is 0 Å². The topological polar surface area (TPSA) is 132 Å². The predicted molar refractivity (Wildman–Crippen MR) is 104 cm³/mol. The van der Waals surface area contributed by atoms with E-state index < -0.39 is 10.8 Å². The van der Waals surface area contributed by atoms with Crippen molar-refractivity contribution in [1.82, 2.24) is 5.43 Å². The summed E-state index contributed by atoms with van der Waals surface area (Å²) in [4.78, 5) is 34.1. The summed E-state index contributed by atoms with van der Waals surface area (Å²) in [6.45, 7) is 1.83. The lowest BCUT2D eigenvalue weighted by atomic mass is 10.1. The van der Waals surface area contributed by atoms with E-state index in [2.05, 4.69) is 15.8 Å². The van der Waals surface area contributed by atoms with E-state index in [1.165, 1.54) is 24.4 Å². The van der Waals surface area contributed by atoms with Crippen LogP contribution in [0.25, 0.3) is 0 Å². The molecule has 0 fully saturated rings. The number of nitrogens with zero attached hydrogens (tertiary/aromatic N) is 2. The van der Waals surface area contributed by atoms with Gasteiger partial charge in [-0.15, -0.1) is 0 Å². The first kappa shape index (κ1) is 19.8. The van der Waals surface area contributed by atoms with E-state index in [-0.39, 0.29) is 31.2 Å². The number of carbonyl (C=O) groups excluding carboxylic acids is 2. The number of amides is 2. The van der Waals surface area contributed by atoms with Crippen molar-refractivity contribution in [3.05, 3.63) is 57.6 Å². The van der Waals surface area contributed by atoms with Crippen molar-refractivity contribution in [3.63, 3.8) is 0 Å². The van der Waals surface area contributed by atoms with Crippen LogP contribution >= 0.6 is 0 Å². The zero-order valence-corrected chi connectivity index (χ0v) is 15.5. The number of nitro groups is 1. The second kappa shape index (κ2) is 8.83. The molecule has 0 aromatic heterocycles. The zero-order valence-electron chi connectivity index (χ0n) is 15.5. The van der Waals surface area contributed by atoms with Gasteiger partial charge in [0.05, 0.1) is 11.1 Å². The van der Waals surface area contributed by atoms with Crippen LogP contribution in [0.4, 0.5) is 11.4 Å². The van der Waals surface area contributed by atoms with Gasteiger partial charge >= 0.3 is 0 Å². The van der Waals surface area contributed by atoms with Gasteiger partial charge in [-0.3, -0.25) is 19.7 Å². The van der Waals surface area contributed by atoms with Gasteiger partial charge in [-0.05, 0) is 42.3 Å². The summed E-state index contributed by atoms with van der Waals surface area (Å²) >= 11 is 0. The van der Waals surface area contributed by atoms with E-state index in [1.54, 1.807) is 25.1 Å². The van der Waals surface area contributed by atoms with Crippen LogP contribution in [0, 0.1) is 17.0 Å². The third-order valence-corrected chi connectivity index (χ3v) is 4.07. The van der Waals surface area contributed by atoms with Gasteiger partial charge in [-0.25, -0.2) is 5.43 Å².